The standard InChI is InChI=1S/C10H21O2P/c1-10(2,3)13(11)12-9-7-5-4-6-8-9/h9,13H,4-8H2,1-3H3. The molecule has 0 bridgehead atoms. The normalized spacial score (nSPS) is 23.0. The fourth-order valence-electron chi connectivity index (χ4n) is 1.51. The van der Waals surface area contributed by atoms with E-state index in [1.807, 2.05) is 20.8 Å². The first kappa shape index (κ1) is 11.3. The molecule has 0 aliphatic heterocycles. The Morgan fingerprint density at radius 1 is 1.15 bits per heavy atom. The Hall–Kier alpha value is 0.190. The van der Waals surface area contributed by atoms with E-state index in [1.54, 1.807) is 0 Å². The molecular weight excluding hydrogens is 183 g/mol. The van der Waals surface area contributed by atoms with Gasteiger partial charge in [0.1, 0.15) is 0 Å². The van der Waals surface area contributed by atoms with Gasteiger partial charge in [-0.3, -0.25) is 4.57 Å². The van der Waals surface area contributed by atoms with Gasteiger partial charge >= 0.3 is 0 Å². The lowest BCUT2D eigenvalue weighted by Gasteiger charge is -2.26. The molecule has 1 aliphatic carbocycles. The molecule has 3 heteroatoms. The highest BCUT2D eigenvalue weighted by Gasteiger charge is 2.24. The third-order valence-corrected chi connectivity index (χ3v) is 4.21. The lowest BCUT2D eigenvalue weighted by atomic mass is 9.98. The van der Waals surface area contributed by atoms with Crippen molar-refractivity contribution in [2.75, 3.05) is 0 Å². The summed E-state index contributed by atoms with van der Waals surface area (Å²) in [6.07, 6.45) is 6.28. The van der Waals surface area contributed by atoms with Crippen molar-refractivity contribution in [1.29, 1.82) is 0 Å². The van der Waals surface area contributed by atoms with Crippen molar-refractivity contribution in [3.8, 4) is 0 Å². The summed E-state index contributed by atoms with van der Waals surface area (Å²) in [6, 6.07) is 0. The quantitative estimate of drug-likeness (QED) is 0.642. The van der Waals surface area contributed by atoms with Crippen molar-refractivity contribution in [2.24, 2.45) is 0 Å². The second kappa shape index (κ2) is 4.61. The zero-order chi connectivity index (χ0) is 9.90. The van der Waals surface area contributed by atoms with Crippen LogP contribution in [0.25, 0.3) is 0 Å². The van der Waals surface area contributed by atoms with Gasteiger partial charge in [0.25, 0.3) is 0 Å². The second-order valence-electron chi connectivity index (χ2n) is 4.92. The number of hydrogen-bond acceptors (Lipinski definition) is 2. The van der Waals surface area contributed by atoms with Crippen LogP contribution in [0.4, 0.5) is 0 Å². The van der Waals surface area contributed by atoms with Crippen LogP contribution in [0.2, 0.25) is 0 Å². The van der Waals surface area contributed by atoms with Crippen LogP contribution >= 0.6 is 8.03 Å². The lowest BCUT2D eigenvalue weighted by Crippen LogP contribution is -2.17. The molecule has 1 unspecified atom stereocenters. The van der Waals surface area contributed by atoms with Gasteiger partial charge in [-0.15, -0.1) is 0 Å². The van der Waals surface area contributed by atoms with Crippen molar-refractivity contribution < 1.29 is 9.09 Å². The van der Waals surface area contributed by atoms with Crippen LogP contribution < -0.4 is 0 Å². The van der Waals surface area contributed by atoms with Crippen LogP contribution in [0.15, 0.2) is 0 Å². The van der Waals surface area contributed by atoms with E-state index in [0.717, 1.165) is 12.8 Å². The Labute approximate surface area is 81.9 Å². The summed E-state index contributed by atoms with van der Waals surface area (Å²) in [4.78, 5) is 0. The maximum Gasteiger partial charge on any atom is 0.197 e. The van der Waals surface area contributed by atoms with E-state index < -0.39 is 8.03 Å². The molecule has 0 heterocycles. The first-order chi connectivity index (χ1) is 6.00. The minimum atomic E-state index is -1.85. The van der Waals surface area contributed by atoms with E-state index in [1.165, 1.54) is 19.3 Å². The van der Waals surface area contributed by atoms with Crippen LogP contribution in [0, 0.1) is 0 Å². The Bertz CT molecular complexity index is 178. The van der Waals surface area contributed by atoms with Gasteiger partial charge in [0.15, 0.2) is 8.03 Å². The van der Waals surface area contributed by atoms with Crippen LogP contribution in [-0.2, 0) is 9.09 Å². The van der Waals surface area contributed by atoms with E-state index in [9.17, 15) is 4.57 Å². The van der Waals surface area contributed by atoms with Gasteiger partial charge in [0.05, 0.1) is 6.10 Å². The molecule has 0 amide bonds. The minimum Gasteiger partial charge on any atom is -0.327 e. The molecule has 1 atom stereocenters. The highest BCUT2D eigenvalue weighted by Crippen LogP contribution is 2.42. The van der Waals surface area contributed by atoms with Gasteiger partial charge in [0.2, 0.25) is 0 Å². The summed E-state index contributed by atoms with van der Waals surface area (Å²) in [6.45, 7) is 5.95. The maximum absolute atomic E-state index is 11.7. The van der Waals surface area contributed by atoms with E-state index in [-0.39, 0.29) is 11.3 Å². The molecular formula is C10H21O2P. The Morgan fingerprint density at radius 3 is 2.15 bits per heavy atom. The SMILES string of the molecule is CC(C)(C)[PH](=O)OC1CCCCC1. The molecule has 0 radical (unpaired) electrons. The highest BCUT2D eigenvalue weighted by molar-refractivity contribution is 7.41. The molecule has 1 rings (SSSR count). The molecule has 1 fully saturated rings. The zero-order valence-electron chi connectivity index (χ0n) is 8.93. The third kappa shape index (κ3) is 3.83. The molecule has 78 valence electrons. The smallest absolute Gasteiger partial charge is 0.197 e. The molecule has 0 spiro atoms. The van der Waals surface area contributed by atoms with Gasteiger partial charge in [-0.1, -0.05) is 40.0 Å². The van der Waals surface area contributed by atoms with Crippen molar-refractivity contribution in [1.82, 2.24) is 0 Å². The average Bonchev–Trinajstić information content (AvgIpc) is 2.04. The van der Waals surface area contributed by atoms with Gasteiger partial charge in [-0.2, -0.15) is 0 Å². The minimum absolute atomic E-state index is 0.165. The predicted octanol–water partition coefficient (Wildman–Crippen LogP) is 3.61. The van der Waals surface area contributed by atoms with Crippen LogP contribution in [0.3, 0.4) is 0 Å². The Morgan fingerprint density at radius 2 is 1.69 bits per heavy atom. The first-order valence-electron chi connectivity index (χ1n) is 5.21. The first-order valence-corrected chi connectivity index (χ1v) is 6.53. The van der Waals surface area contributed by atoms with E-state index in [2.05, 4.69) is 0 Å². The molecule has 0 saturated heterocycles. The van der Waals surface area contributed by atoms with Gasteiger partial charge in [-0.05, 0) is 12.8 Å². The van der Waals surface area contributed by atoms with E-state index >= 15 is 0 Å². The van der Waals surface area contributed by atoms with Crippen LogP contribution in [-0.4, -0.2) is 11.3 Å². The molecule has 0 N–H and O–H groups in total. The molecule has 0 aromatic heterocycles. The van der Waals surface area contributed by atoms with Gasteiger partial charge < -0.3 is 4.52 Å². The summed E-state index contributed by atoms with van der Waals surface area (Å²) in [7, 11) is -1.85. The predicted molar refractivity (Wildman–Crippen MR) is 56.7 cm³/mol. The lowest BCUT2D eigenvalue weighted by molar-refractivity contribution is 0.161. The van der Waals surface area contributed by atoms with Gasteiger partial charge in [0, 0.05) is 5.16 Å². The summed E-state index contributed by atoms with van der Waals surface area (Å²) in [5, 5.41) is -0.165. The van der Waals surface area contributed by atoms with Crippen LogP contribution in [0.5, 0.6) is 0 Å². The molecule has 1 saturated carbocycles. The van der Waals surface area contributed by atoms with Crippen molar-refractivity contribution in [3.63, 3.8) is 0 Å². The van der Waals surface area contributed by atoms with E-state index in [0.29, 0.717) is 0 Å². The number of hydrogen-bond donors (Lipinski definition) is 0. The van der Waals surface area contributed by atoms with Crippen molar-refractivity contribution in [2.45, 2.75) is 64.1 Å². The largest absolute Gasteiger partial charge is 0.327 e. The summed E-state index contributed by atoms with van der Waals surface area (Å²) < 4.78 is 17.3. The van der Waals surface area contributed by atoms with Gasteiger partial charge in [-0.25, -0.2) is 0 Å². The highest BCUT2D eigenvalue weighted by atomic mass is 31.1. The summed E-state index contributed by atoms with van der Waals surface area (Å²) >= 11 is 0. The Kier molecular flexibility index (Phi) is 4.00. The Balaban J connectivity index is 2.35. The molecule has 1 aliphatic rings. The van der Waals surface area contributed by atoms with Crippen molar-refractivity contribution >= 4 is 8.03 Å². The molecule has 13 heavy (non-hydrogen) atoms. The monoisotopic (exact) mass is 204 g/mol. The topological polar surface area (TPSA) is 26.3 Å². The zero-order valence-corrected chi connectivity index (χ0v) is 9.93. The maximum atomic E-state index is 11.7. The van der Waals surface area contributed by atoms with Crippen molar-refractivity contribution in [3.05, 3.63) is 0 Å². The van der Waals surface area contributed by atoms with Crippen LogP contribution in [0.1, 0.15) is 52.9 Å². The fourth-order valence-corrected chi connectivity index (χ4v) is 2.40. The third-order valence-electron chi connectivity index (χ3n) is 2.44. The molecule has 2 nitrogen and oxygen atoms in total. The number of rotatable bonds is 2. The second-order valence-corrected chi connectivity index (χ2v) is 7.23. The summed E-state index contributed by atoms with van der Waals surface area (Å²) in [5.41, 5.74) is 0. The molecule has 0 aromatic rings. The van der Waals surface area contributed by atoms with E-state index in [4.69, 9.17) is 4.52 Å². The fraction of sp³-hybridized carbons (Fsp3) is 1.00. The molecule has 0 aromatic carbocycles. The summed E-state index contributed by atoms with van der Waals surface area (Å²) in [5.74, 6) is 0. The average molecular weight is 204 g/mol.